The maximum Gasteiger partial charge on any atom is 0.224 e. The van der Waals surface area contributed by atoms with Crippen molar-refractivity contribution < 1.29 is 4.79 Å². The molecule has 2 aromatic carbocycles. The van der Waals surface area contributed by atoms with Crippen molar-refractivity contribution in [2.24, 2.45) is 0 Å². The van der Waals surface area contributed by atoms with E-state index in [-0.39, 0.29) is 11.9 Å². The summed E-state index contributed by atoms with van der Waals surface area (Å²) in [5, 5.41) is 7.12. The highest BCUT2D eigenvalue weighted by atomic mass is 16.1. The van der Waals surface area contributed by atoms with E-state index in [2.05, 4.69) is 15.4 Å². The van der Waals surface area contributed by atoms with Crippen LogP contribution in [0.4, 0.5) is 0 Å². The lowest BCUT2D eigenvalue weighted by atomic mass is 10.1. The Labute approximate surface area is 135 Å². The van der Waals surface area contributed by atoms with Gasteiger partial charge < -0.3 is 5.32 Å². The SMILES string of the molecule is C[C@H](NC(=O)Cc1ccccc1)c1ccc(-n2cncn2)cc1. The van der Waals surface area contributed by atoms with E-state index in [0.29, 0.717) is 6.42 Å². The summed E-state index contributed by atoms with van der Waals surface area (Å²) in [7, 11) is 0. The summed E-state index contributed by atoms with van der Waals surface area (Å²) in [6.07, 6.45) is 3.54. The Morgan fingerprint density at radius 3 is 2.52 bits per heavy atom. The van der Waals surface area contributed by atoms with Crippen LogP contribution in [-0.2, 0) is 11.2 Å². The molecule has 5 heteroatoms. The molecule has 1 atom stereocenters. The van der Waals surface area contributed by atoms with E-state index in [1.165, 1.54) is 6.33 Å². The van der Waals surface area contributed by atoms with Crippen LogP contribution in [0.3, 0.4) is 0 Å². The van der Waals surface area contributed by atoms with Crippen LogP contribution in [0.15, 0.2) is 67.3 Å². The first-order valence-electron chi connectivity index (χ1n) is 7.50. The van der Waals surface area contributed by atoms with Crippen LogP contribution < -0.4 is 5.32 Å². The third-order valence-electron chi connectivity index (χ3n) is 3.66. The quantitative estimate of drug-likeness (QED) is 0.788. The average molecular weight is 306 g/mol. The number of aromatic nitrogens is 3. The summed E-state index contributed by atoms with van der Waals surface area (Å²) in [5.41, 5.74) is 3.00. The van der Waals surface area contributed by atoms with Crippen LogP contribution in [0.1, 0.15) is 24.1 Å². The fourth-order valence-electron chi connectivity index (χ4n) is 2.41. The molecule has 1 aromatic heterocycles. The zero-order valence-corrected chi connectivity index (χ0v) is 12.9. The van der Waals surface area contributed by atoms with Gasteiger partial charge in [0.1, 0.15) is 12.7 Å². The van der Waals surface area contributed by atoms with E-state index in [1.54, 1.807) is 11.0 Å². The van der Waals surface area contributed by atoms with Gasteiger partial charge in [0.25, 0.3) is 0 Å². The molecule has 0 fully saturated rings. The molecule has 0 aliphatic carbocycles. The Hall–Kier alpha value is -2.95. The minimum atomic E-state index is -0.0454. The normalized spacial score (nSPS) is 11.9. The second kappa shape index (κ2) is 6.87. The van der Waals surface area contributed by atoms with E-state index in [4.69, 9.17) is 0 Å². The summed E-state index contributed by atoms with van der Waals surface area (Å²) in [6, 6.07) is 17.6. The summed E-state index contributed by atoms with van der Waals surface area (Å²) in [6.45, 7) is 1.98. The highest BCUT2D eigenvalue weighted by Gasteiger charge is 2.10. The number of nitrogens with one attached hydrogen (secondary N) is 1. The minimum absolute atomic E-state index is 0.0176. The Morgan fingerprint density at radius 2 is 1.87 bits per heavy atom. The summed E-state index contributed by atoms with van der Waals surface area (Å²) >= 11 is 0. The lowest BCUT2D eigenvalue weighted by Crippen LogP contribution is -2.28. The zero-order chi connectivity index (χ0) is 16.1. The topological polar surface area (TPSA) is 59.8 Å². The van der Waals surface area contributed by atoms with Crippen LogP contribution in [0.2, 0.25) is 0 Å². The molecule has 0 aliphatic rings. The Morgan fingerprint density at radius 1 is 1.13 bits per heavy atom. The van der Waals surface area contributed by atoms with E-state index in [0.717, 1.165) is 16.8 Å². The van der Waals surface area contributed by atoms with Gasteiger partial charge in [0, 0.05) is 0 Å². The minimum Gasteiger partial charge on any atom is -0.349 e. The van der Waals surface area contributed by atoms with E-state index in [9.17, 15) is 4.79 Å². The van der Waals surface area contributed by atoms with Crippen molar-refractivity contribution in [1.82, 2.24) is 20.1 Å². The van der Waals surface area contributed by atoms with Gasteiger partial charge in [-0.05, 0) is 30.2 Å². The second-order valence-electron chi connectivity index (χ2n) is 5.38. The predicted octanol–water partition coefficient (Wildman–Crippen LogP) is 2.69. The van der Waals surface area contributed by atoms with Crippen LogP contribution in [0, 0.1) is 0 Å². The summed E-state index contributed by atoms with van der Waals surface area (Å²) < 4.78 is 1.70. The number of nitrogens with zero attached hydrogens (tertiary/aromatic N) is 3. The van der Waals surface area contributed by atoms with E-state index < -0.39 is 0 Å². The van der Waals surface area contributed by atoms with Gasteiger partial charge in [-0.1, -0.05) is 42.5 Å². The largest absolute Gasteiger partial charge is 0.349 e. The van der Waals surface area contributed by atoms with Gasteiger partial charge >= 0.3 is 0 Å². The smallest absolute Gasteiger partial charge is 0.224 e. The Bertz CT molecular complexity index is 751. The lowest BCUT2D eigenvalue weighted by Gasteiger charge is -2.15. The molecule has 0 unspecified atom stereocenters. The van der Waals surface area contributed by atoms with Crippen molar-refractivity contribution in [2.75, 3.05) is 0 Å². The molecule has 23 heavy (non-hydrogen) atoms. The zero-order valence-electron chi connectivity index (χ0n) is 12.9. The van der Waals surface area contributed by atoms with Crippen LogP contribution in [0.25, 0.3) is 5.69 Å². The standard InChI is InChI=1S/C18H18N4O/c1-14(21-18(23)11-15-5-3-2-4-6-15)16-7-9-17(10-8-16)22-13-19-12-20-22/h2-10,12-14H,11H2,1H3,(H,21,23)/t14-/m0/s1. The summed E-state index contributed by atoms with van der Waals surface area (Å²) in [5.74, 6) is 0.0176. The van der Waals surface area contributed by atoms with Crippen molar-refractivity contribution in [1.29, 1.82) is 0 Å². The number of rotatable bonds is 5. The number of hydrogen-bond acceptors (Lipinski definition) is 3. The molecule has 0 bridgehead atoms. The Kier molecular flexibility index (Phi) is 4.47. The molecule has 0 spiro atoms. The van der Waals surface area contributed by atoms with Crippen molar-refractivity contribution in [2.45, 2.75) is 19.4 Å². The van der Waals surface area contributed by atoms with Gasteiger partial charge in [0.05, 0.1) is 18.2 Å². The van der Waals surface area contributed by atoms with Gasteiger partial charge in [-0.3, -0.25) is 4.79 Å². The molecule has 0 aliphatic heterocycles. The van der Waals surface area contributed by atoms with Crippen molar-refractivity contribution in [3.8, 4) is 5.69 Å². The van der Waals surface area contributed by atoms with Gasteiger partial charge in [0.2, 0.25) is 5.91 Å². The monoisotopic (exact) mass is 306 g/mol. The molecule has 0 radical (unpaired) electrons. The fraction of sp³-hybridized carbons (Fsp3) is 0.167. The van der Waals surface area contributed by atoms with Gasteiger partial charge in [0.15, 0.2) is 0 Å². The number of hydrogen-bond donors (Lipinski definition) is 1. The van der Waals surface area contributed by atoms with Gasteiger partial charge in [-0.25, -0.2) is 9.67 Å². The summed E-state index contributed by atoms with van der Waals surface area (Å²) in [4.78, 5) is 16.0. The van der Waals surface area contributed by atoms with Crippen LogP contribution in [0.5, 0.6) is 0 Å². The molecule has 5 nitrogen and oxygen atoms in total. The maximum atomic E-state index is 12.1. The highest BCUT2D eigenvalue weighted by Crippen LogP contribution is 2.15. The van der Waals surface area contributed by atoms with Crippen LogP contribution >= 0.6 is 0 Å². The predicted molar refractivity (Wildman–Crippen MR) is 88.1 cm³/mol. The molecule has 0 saturated heterocycles. The Balaban J connectivity index is 1.61. The van der Waals surface area contributed by atoms with Crippen molar-refractivity contribution in [3.05, 3.63) is 78.4 Å². The van der Waals surface area contributed by atoms with Crippen molar-refractivity contribution in [3.63, 3.8) is 0 Å². The molecule has 1 amide bonds. The molecule has 1 N–H and O–H groups in total. The number of amides is 1. The van der Waals surface area contributed by atoms with Crippen molar-refractivity contribution >= 4 is 5.91 Å². The third-order valence-corrected chi connectivity index (χ3v) is 3.66. The molecule has 116 valence electrons. The highest BCUT2D eigenvalue weighted by molar-refractivity contribution is 5.79. The molecule has 1 heterocycles. The number of carbonyl (C=O) groups excluding carboxylic acids is 1. The first kappa shape index (κ1) is 15.0. The van der Waals surface area contributed by atoms with E-state index >= 15 is 0 Å². The fourth-order valence-corrected chi connectivity index (χ4v) is 2.41. The van der Waals surface area contributed by atoms with E-state index in [1.807, 2.05) is 61.5 Å². The first-order valence-corrected chi connectivity index (χ1v) is 7.50. The second-order valence-corrected chi connectivity index (χ2v) is 5.38. The molecule has 3 aromatic rings. The van der Waals surface area contributed by atoms with Gasteiger partial charge in [-0.2, -0.15) is 5.10 Å². The third kappa shape index (κ3) is 3.83. The molecular formula is C18H18N4O. The lowest BCUT2D eigenvalue weighted by molar-refractivity contribution is -0.121. The number of carbonyl (C=O) groups is 1. The molecule has 3 rings (SSSR count). The molecule has 0 saturated carbocycles. The van der Waals surface area contributed by atoms with Gasteiger partial charge in [-0.15, -0.1) is 0 Å². The molecular weight excluding hydrogens is 288 g/mol. The first-order chi connectivity index (χ1) is 11.2. The number of benzene rings is 2. The maximum absolute atomic E-state index is 12.1. The van der Waals surface area contributed by atoms with Crippen LogP contribution in [-0.4, -0.2) is 20.7 Å². The average Bonchev–Trinajstić information content (AvgIpc) is 3.10.